The van der Waals surface area contributed by atoms with E-state index in [1.165, 1.54) is 6.42 Å². The lowest BCUT2D eigenvalue weighted by molar-refractivity contribution is -0.130. The molecule has 1 aromatic carbocycles. The summed E-state index contributed by atoms with van der Waals surface area (Å²) >= 11 is 0. The minimum absolute atomic E-state index is 0.000912. The van der Waals surface area contributed by atoms with E-state index < -0.39 is 0 Å². The van der Waals surface area contributed by atoms with Crippen molar-refractivity contribution >= 4 is 23.2 Å². The first kappa shape index (κ1) is 16.3. The number of carbonyl (C=O) groups excluding carboxylic acids is 2. The summed E-state index contributed by atoms with van der Waals surface area (Å²) in [6.07, 6.45) is 3.44. The summed E-state index contributed by atoms with van der Waals surface area (Å²) in [5.41, 5.74) is 1.65. The molecule has 2 rings (SSSR count). The molecule has 0 atom stereocenters. The zero-order chi connectivity index (χ0) is 15.9. The van der Waals surface area contributed by atoms with Crippen LogP contribution in [0.2, 0.25) is 0 Å². The lowest BCUT2D eigenvalue weighted by atomic mass is 10.1. The molecule has 22 heavy (non-hydrogen) atoms. The van der Waals surface area contributed by atoms with Crippen LogP contribution in [0.3, 0.4) is 0 Å². The first-order chi connectivity index (χ1) is 10.6. The molecule has 0 bridgehead atoms. The largest absolute Gasteiger partial charge is 0.376 e. The Kier molecular flexibility index (Phi) is 5.81. The van der Waals surface area contributed by atoms with Crippen LogP contribution in [-0.4, -0.2) is 36.3 Å². The molecule has 0 radical (unpaired) electrons. The second-order valence-electron chi connectivity index (χ2n) is 6.02. The summed E-state index contributed by atoms with van der Waals surface area (Å²) < 4.78 is 0. The Morgan fingerprint density at radius 1 is 1.05 bits per heavy atom. The lowest BCUT2D eigenvalue weighted by Crippen LogP contribution is -2.39. The Labute approximate surface area is 132 Å². The number of nitrogens with one attached hydrogen (secondary N) is 2. The van der Waals surface area contributed by atoms with Gasteiger partial charge in [-0.05, 0) is 43.5 Å². The molecule has 1 aromatic rings. The number of hydrogen-bond donors (Lipinski definition) is 2. The third kappa shape index (κ3) is 4.76. The van der Waals surface area contributed by atoms with Crippen LogP contribution >= 0.6 is 0 Å². The SMILES string of the molecule is CC(C)C(=O)Nc1ccc(NCC(=O)N2CCCCC2)cc1. The van der Waals surface area contributed by atoms with Crippen molar-refractivity contribution in [1.29, 1.82) is 0 Å². The van der Waals surface area contributed by atoms with Gasteiger partial charge < -0.3 is 15.5 Å². The monoisotopic (exact) mass is 303 g/mol. The molecule has 2 amide bonds. The molecule has 0 saturated carbocycles. The van der Waals surface area contributed by atoms with Gasteiger partial charge in [0.15, 0.2) is 0 Å². The third-order valence-corrected chi connectivity index (χ3v) is 3.83. The fourth-order valence-electron chi connectivity index (χ4n) is 2.39. The summed E-state index contributed by atoms with van der Waals surface area (Å²) in [7, 11) is 0. The standard InChI is InChI=1S/C17H25N3O2/c1-13(2)17(22)19-15-8-6-14(7-9-15)18-12-16(21)20-10-4-3-5-11-20/h6-9,13,18H,3-5,10-12H2,1-2H3,(H,19,22). The molecule has 5 heteroatoms. The maximum absolute atomic E-state index is 12.1. The van der Waals surface area contributed by atoms with E-state index in [0.717, 1.165) is 37.3 Å². The van der Waals surface area contributed by atoms with E-state index in [9.17, 15) is 9.59 Å². The van der Waals surface area contributed by atoms with Crippen LogP contribution in [0.25, 0.3) is 0 Å². The predicted octanol–water partition coefficient (Wildman–Crippen LogP) is 2.71. The fourth-order valence-corrected chi connectivity index (χ4v) is 2.39. The van der Waals surface area contributed by atoms with Crippen LogP contribution in [0.4, 0.5) is 11.4 Å². The normalized spacial score (nSPS) is 14.8. The van der Waals surface area contributed by atoms with Gasteiger partial charge in [0, 0.05) is 30.4 Å². The molecule has 2 N–H and O–H groups in total. The zero-order valence-corrected chi connectivity index (χ0v) is 13.4. The molecule has 5 nitrogen and oxygen atoms in total. The highest BCUT2D eigenvalue weighted by atomic mass is 16.2. The first-order valence-corrected chi connectivity index (χ1v) is 7.99. The number of piperidine rings is 1. The first-order valence-electron chi connectivity index (χ1n) is 7.99. The second-order valence-corrected chi connectivity index (χ2v) is 6.02. The van der Waals surface area contributed by atoms with E-state index in [2.05, 4.69) is 10.6 Å². The summed E-state index contributed by atoms with van der Waals surface area (Å²) in [5.74, 6) is 0.109. The number of rotatable bonds is 5. The van der Waals surface area contributed by atoms with E-state index in [-0.39, 0.29) is 17.7 Å². The van der Waals surface area contributed by atoms with Crippen molar-refractivity contribution in [3.8, 4) is 0 Å². The van der Waals surface area contributed by atoms with Gasteiger partial charge in [0.2, 0.25) is 11.8 Å². The van der Waals surface area contributed by atoms with Crippen LogP contribution in [0, 0.1) is 5.92 Å². The smallest absolute Gasteiger partial charge is 0.241 e. The number of nitrogens with zero attached hydrogens (tertiary/aromatic N) is 1. The maximum Gasteiger partial charge on any atom is 0.241 e. The Hall–Kier alpha value is -2.04. The van der Waals surface area contributed by atoms with Crippen LogP contribution < -0.4 is 10.6 Å². The molecule has 1 aliphatic heterocycles. The minimum Gasteiger partial charge on any atom is -0.376 e. The van der Waals surface area contributed by atoms with Gasteiger partial charge in [-0.3, -0.25) is 9.59 Å². The van der Waals surface area contributed by atoms with Crippen molar-refractivity contribution in [3.63, 3.8) is 0 Å². The topological polar surface area (TPSA) is 61.4 Å². The maximum atomic E-state index is 12.1. The highest BCUT2D eigenvalue weighted by molar-refractivity contribution is 5.92. The summed E-state index contributed by atoms with van der Waals surface area (Å²) in [5, 5.41) is 5.98. The van der Waals surface area contributed by atoms with Gasteiger partial charge >= 0.3 is 0 Å². The molecule has 0 unspecified atom stereocenters. The van der Waals surface area contributed by atoms with Gasteiger partial charge in [-0.25, -0.2) is 0 Å². The van der Waals surface area contributed by atoms with Crippen molar-refractivity contribution in [2.24, 2.45) is 5.92 Å². The average Bonchev–Trinajstić information content (AvgIpc) is 2.54. The number of anilines is 2. The van der Waals surface area contributed by atoms with Crippen LogP contribution in [-0.2, 0) is 9.59 Å². The average molecular weight is 303 g/mol. The van der Waals surface area contributed by atoms with Gasteiger partial charge in [-0.2, -0.15) is 0 Å². The van der Waals surface area contributed by atoms with Crippen LogP contribution in [0.5, 0.6) is 0 Å². The molecule has 1 aliphatic rings. The second kappa shape index (κ2) is 7.82. The minimum atomic E-state index is -0.0417. The summed E-state index contributed by atoms with van der Waals surface area (Å²) in [4.78, 5) is 25.6. The fraction of sp³-hybridized carbons (Fsp3) is 0.529. The molecule has 120 valence electrons. The van der Waals surface area contributed by atoms with Gasteiger partial charge in [0.1, 0.15) is 0 Å². The Balaban J connectivity index is 1.81. The molecular weight excluding hydrogens is 278 g/mol. The van der Waals surface area contributed by atoms with Gasteiger partial charge in [-0.1, -0.05) is 13.8 Å². The van der Waals surface area contributed by atoms with Crippen LogP contribution in [0.15, 0.2) is 24.3 Å². The predicted molar refractivity (Wildman–Crippen MR) is 88.8 cm³/mol. The molecule has 0 aromatic heterocycles. The Morgan fingerprint density at radius 3 is 2.23 bits per heavy atom. The van der Waals surface area contributed by atoms with Crippen molar-refractivity contribution in [2.45, 2.75) is 33.1 Å². The summed E-state index contributed by atoms with van der Waals surface area (Å²) in [6.45, 7) is 5.79. The van der Waals surface area contributed by atoms with E-state index in [1.54, 1.807) is 0 Å². The van der Waals surface area contributed by atoms with Gasteiger partial charge in [0.05, 0.1) is 6.54 Å². The van der Waals surface area contributed by atoms with Crippen molar-refractivity contribution in [2.75, 3.05) is 30.3 Å². The number of likely N-dealkylation sites (tertiary alicyclic amines) is 1. The number of carbonyl (C=O) groups is 2. The Bertz CT molecular complexity index is 505. The number of amides is 2. The van der Waals surface area contributed by atoms with Crippen LogP contribution in [0.1, 0.15) is 33.1 Å². The van der Waals surface area contributed by atoms with E-state index in [4.69, 9.17) is 0 Å². The highest BCUT2D eigenvalue weighted by Gasteiger charge is 2.15. The molecule has 0 spiro atoms. The van der Waals surface area contributed by atoms with Crippen molar-refractivity contribution < 1.29 is 9.59 Å². The molecule has 0 aliphatic carbocycles. The molecule has 1 fully saturated rings. The zero-order valence-electron chi connectivity index (χ0n) is 13.4. The van der Waals surface area contributed by atoms with Crippen molar-refractivity contribution in [3.05, 3.63) is 24.3 Å². The van der Waals surface area contributed by atoms with Crippen molar-refractivity contribution in [1.82, 2.24) is 4.90 Å². The molecule has 1 saturated heterocycles. The van der Waals surface area contributed by atoms with E-state index >= 15 is 0 Å². The highest BCUT2D eigenvalue weighted by Crippen LogP contribution is 2.15. The van der Waals surface area contributed by atoms with E-state index in [1.807, 2.05) is 43.0 Å². The molecular formula is C17H25N3O2. The number of benzene rings is 1. The quantitative estimate of drug-likeness (QED) is 0.879. The summed E-state index contributed by atoms with van der Waals surface area (Å²) in [6, 6.07) is 7.43. The molecule has 1 heterocycles. The van der Waals surface area contributed by atoms with Gasteiger partial charge in [-0.15, -0.1) is 0 Å². The Morgan fingerprint density at radius 2 is 1.64 bits per heavy atom. The van der Waals surface area contributed by atoms with Gasteiger partial charge in [0.25, 0.3) is 0 Å². The number of hydrogen-bond acceptors (Lipinski definition) is 3. The van der Waals surface area contributed by atoms with E-state index in [0.29, 0.717) is 6.54 Å². The third-order valence-electron chi connectivity index (χ3n) is 3.83. The lowest BCUT2D eigenvalue weighted by Gasteiger charge is -2.26.